The Balaban J connectivity index is 1.81. The van der Waals surface area contributed by atoms with Crippen LogP contribution in [0.4, 0.5) is 10.1 Å². The Kier molecular flexibility index (Phi) is 5.80. The van der Waals surface area contributed by atoms with Crippen molar-refractivity contribution in [3.8, 4) is 0 Å². The Hall–Kier alpha value is -1.13. The molecule has 1 saturated heterocycles. The molecule has 0 radical (unpaired) electrons. The monoisotopic (exact) mass is 279 g/mol. The van der Waals surface area contributed by atoms with E-state index in [2.05, 4.69) is 16.7 Å². The van der Waals surface area contributed by atoms with Gasteiger partial charge in [0.05, 0.1) is 0 Å². The first kappa shape index (κ1) is 15.3. The van der Waals surface area contributed by atoms with E-state index in [0.29, 0.717) is 5.92 Å². The molecule has 1 aliphatic rings. The van der Waals surface area contributed by atoms with Gasteiger partial charge in [0.2, 0.25) is 0 Å². The van der Waals surface area contributed by atoms with Crippen molar-refractivity contribution in [2.45, 2.75) is 19.8 Å². The smallest absolute Gasteiger partial charge is 0.123 e. The Morgan fingerprint density at radius 2 is 1.80 bits per heavy atom. The lowest BCUT2D eigenvalue weighted by Gasteiger charge is -2.37. The van der Waals surface area contributed by atoms with Crippen LogP contribution in [0, 0.1) is 11.7 Å². The Morgan fingerprint density at radius 1 is 1.15 bits per heavy atom. The third-order valence-corrected chi connectivity index (χ3v) is 4.11. The summed E-state index contributed by atoms with van der Waals surface area (Å²) in [5, 5.41) is 0. The summed E-state index contributed by atoms with van der Waals surface area (Å²) in [5.74, 6) is 0.454. The van der Waals surface area contributed by atoms with Gasteiger partial charge in [0, 0.05) is 38.4 Å². The van der Waals surface area contributed by atoms with Crippen LogP contribution in [0.5, 0.6) is 0 Å². The molecular weight excluding hydrogens is 253 g/mol. The summed E-state index contributed by atoms with van der Waals surface area (Å²) in [6.07, 6.45) is 2.42. The number of nitrogens with two attached hydrogens (primary N) is 1. The lowest BCUT2D eigenvalue weighted by molar-refractivity contribution is 0.215. The maximum Gasteiger partial charge on any atom is 0.123 e. The third-order valence-electron chi connectivity index (χ3n) is 4.11. The van der Waals surface area contributed by atoms with Crippen molar-refractivity contribution in [1.82, 2.24) is 4.90 Å². The van der Waals surface area contributed by atoms with Crippen molar-refractivity contribution < 1.29 is 4.39 Å². The summed E-state index contributed by atoms with van der Waals surface area (Å²) in [5.41, 5.74) is 6.96. The molecule has 0 aromatic heterocycles. The molecule has 0 amide bonds. The maximum atomic E-state index is 12.9. The third kappa shape index (κ3) is 4.18. The lowest BCUT2D eigenvalue weighted by atomic mass is 10.0. The molecule has 1 aliphatic heterocycles. The van der Waals surface area contributed by atoms with Crippen molar-refractivity contribution in [3.05, 3.63) is 30.1 Å². The van der Waals surface area contributed by atoms with Gasteiger partial charge in [-0.2, -0.15) is 0 Å². The number of benzene rings is 1. The van der Waals surface area contributed by atoms with Crippen LogP contribution >= 0.6 is 0 Å². The van der Waals surface area contributed by atoms with Crippen LogP contribution in [0.25, 0.3) is 0 Å². The molecule has 0 bridgehead atoms. The minimum absolute atomic E-state index is 0.169. The fraction of sp³-hybridized carbons (Fsp3) is 0.625. The lowest BCUT2D eigenvalue weighted by Crippen LogP contribution is -2.48. The molecular formula is C16H26FN3. The van der Waals surface area contributed by atoms with Crippen LogP contribution in [-0.2, 0) is 0 Å². The van der Waals surface area contributed by atoms with E-state index in [1.807, 2.05) is 12.1 Å². The number of piperazine rings is 1. The molecule has 0 spiro atoms. The first-order chi connectivity index (χ1) is 9.72. The highest BCUT2D eigenvalue weighted by Gasteiger charge is 2.19. The van der Waals surface area contributed by atoms with E-state index in [1.165, 1.54) is 25.0 Å². The predicted octanol–water partition coefficient (Wildman–Crippen LogP) is 2.32. The Morgan fingerprint density at radius 3 is 2.35 bits per heavy atom. The molecule has 0 saturated carbocycles. The van der Waals surface area contributed by atoms with E-state index < -0.39 is 0 Å². The summed E-state index contributed by atoms with van der Waals surface area (Å²) < 4.78 is 12.9. The van der Waals surface area contributed by atoms with E-state index in [0.717, 1.165) is 45.0 Å². The van der Waals surface area contributed by atoms with E-state index in [9.17, 15) is 4.39 Å². The van der Waals surface area contributed by atoms with Gasteiger partial charge in [-0.05, 0) is 43.1 Å². The molecule has 1 fully saturated rings. The summed E-state index contributed by atoms with van der Waals surface area (Å²) in [6, 6.07) is 6.80. The van der Waals surface area contributed by atoms with Gasteiger partial charge in [0.25, 0.3) is 0 Å². The van der Waals surface area contributed by atoms with Gasteiger partial charge < -0.3 is 10.6 Å². The number of halogens is 1. The number of rotatable bonds is 6. The van der Waals surface area contributed by atoms with E-state index in [4.69, 9.17) is 5.73 Å². The van der Waals surface area contributed by atoms with Crippen molar-refractivity contribution in [3.63, 3.8) is 0 Å². The summed E-state index contributed by atoms with van der Waals surface area (Å²) in [7, 11) is 0. The largest absolute Gasteiger partial charge is 0.369 e. The highest BCUT2D eigenvalue weighted by atomic mass is 19.1. The molecule has 112 valence electrons. The van der Waals surface area contributed by atoms with Crippen LogP contribution in [0.15, 0.2) is 24.3 Å². The standard InChI is InChI=1S/C16H26FN3/c1-2-3-14(12-18)13-19-8-10-20(11-9-19)16-6-4-15(17)5-7-16/h4-7,14H,2-3,8-13,18H2,1H3. The molecule has 1 unspecified atom stereocenters. The molecule has 1 atom stereocenters. The summed E-state index contributed by atoms with van der Waals surface area (Å²) in [4.78, 5) is 4.83. The van der Waals surface area contributed by atoms with Crippen LogP contribution in [0.1, 0.15) is 19.8 Å². The zero-order valence-corrected chi connectivity index (χ0v) is 12.4. The Bertz CT molecular complexity index is 385. The van der Waals surface area contributed by atoms with Crippen molar-refractivity contribution in [2.24, 2.45) is 11.7 Å². The van der Waals surface area contributed by atoms with Gasteiger partial charge in [-0.3, -0.25) is 4.90 Å². The minimum atomic E-state index is -0.169. The van der Waals surface area contributed by atoms with Gasteiger partial charge in [-0.25, -0.2) is 4.39 Å². The summed E-state index contributed by atoms with van der Waals surface area (Å²) >= 11 is 0. The molecule has 2 N–H and O–H groups in total. The fourth-order valence-corrected chi connectivity index (χ4v) is 2.90. The average molecular weight is 279 g/mol. The molecule has 1 aromatic carbocycles. The van der Waals surface area contributed by atoms with Crippen molar-refractivity contribution >= 4 is 5.69 Å². The van der Waals surface area contributed by atoms with Gasteiger partial charge in [-0.15, -0.1) is 0 Å². The number of hydrogen-bond donors (Lipinski definition) is 1. The second kappa shape index (κ2) is 7.60. The molecule has 1 heterocycles. The predicted molar refractivity (Wildman–Crippen MR) is 82.5 cm³/mol. The fourth-order valence-electron chi connectivity index (χ4n) is 2.90. The average Bonchev–Trinajstić information content (AvgIpc) is 2.48. The molecule has 0 aliphatic carbocycles. The number of hydrogen-bond acceptors (Lipinski definition) is 3. The zero-order valence-electron chi connectivity index (χ0n) is 12.4. The van der Waals surface area contributed by atoms with Crippen LogP contribution in [-0.4, -0.2) is 44.2 Å². The second-order valence-electron chi connectivity index (χ2n) is 5.65. The minimum Gasteiger partial charge on any atom is -0.369 e. The van der Waals surface area contributed by atoms with Crippen LogP contribution in [0.3, 0.4) is 0 Å². The molecule has 20 heavy (non-hydrogen) atoms. The first-order valence-electron chi connectivity index (χ1n) is 7.66. The topological polar surface area (TPSA) is 32.5 Å². The molecule has 2 rings (SSSR count). The van der Waals surface area contributed by atoms with Gasteiger partial charge >= 0.3 is 0 Å². The van der Waals surface area contributed by atoms with Crippen LogP contribution in [0.2, 0.25) is 0 Å². The number of nitrogens with zero attached hydrogens (tertiary/aromatic N) is 2. The SMILES string of the molecule is CCCC(CN)CN1CCN(c2ccc(F)cc2)CC1. The van der Waals surface area contributed by atoms with Crippen molar-refractivity contribution in [1.29, 1.82) is 0 Å². The van der Waals surface area contributed by atoms with Gasteiger partial charge in [-0.1, -0.05) is 13.3 Å². The van der Waals surface area contributed by atoms with E-state index >= 15 is 0 Å². The molecule has 1 aromatic rings. The Labute approximate surface area is 121 Å². The first-order valence-corrected chi connectivity index (χ1v) is 7.66. The second-order valence-corrected chi connectivity index (χ2v) is 5.65. The van der Waals surface area contributed by atoms with E-state index in [1.54, 1.807) is 0 Å². The molecule has 4 heteroatoms. The van der Waals surface area contributed by atoms with Gasteiger partial charge in [0.15, 0.2) is 0 Å². The zero-order chi connectivity index (χ0) is 14.4. The quantitative estimate of drug-likeness (QED) is 0.867. The number of anilines is 1. The van der Waals surface area contributed by atoms with Crippen molar-refractivity contribution in [2.75, 3.05) is 44.2 Å². The maximum absolute atomic E-state index is 12.9. The van der Waals surface area contributed by atoms with Gasteiger partial charge in [0.1, 0.15) is 5.82 Å². The highest BCUT2D eigenvalue weighted by molar-refractivity contribution is 5.46. The van der Waals surface area contributed by atoms with E-state index in [-0.39, 0.29) is 5.82 Å². The normalized spacial score (nSPS) is 18.2. The van der Waals surface area contributed by atoms with Crippen LogP contribution < -0.4 is 10.6 Å². The summed E-state index contributed by atoms with van der Waals surface area (Å²) in [6.45, 7) is 8.27. The molecule has 3 nitrogen and oxygen atoms in total. The highest BCUT2D eigenvalue weighted by Crippen LogP contribution is 2.17.